The lowest BCUT2D eigenvalue weighted by molar-refractivity contribution is 0.0475. The number of furan rings is 1. The summed E-state index contributed by atoms with van der Waals surface area (Å²) in [7, 11) is 0. The fourth-order valence-corrected chi connectivity index (χ4v) is 3.14. The van der Waals surface area contributed by atoms with E-state index in [4.69, 9.17) is 9.15 Å². The molecule has 1 amide bonds. The summed E-state index contributed by atoms with van der Waals surface area (Å²) in [6, 6.07) is 11.3. The van der Waals surface area contributed by atoms with Crippen molar-refractivity contribution in [2.75, 3.05) is 11.9 Å². The van der Waals surface area contributed by atoms with Crippen LogP contribution in [0.15, 0.2) is 65.8 Å². The molecule has 7 heteroatoms. The van der Waals surface area contributed by atoms with Gasteiger partial charge in [-0.3, -0.25) is 9.59 Å². The number of carbonyl (C=O) groups excluding carboxylic acids is 3. The molecule has 2 aromatic heterocycles. The number of anilines is 1. The van der Waals surface area contributed by atoms with Crippen LogP contribution in [0.3, 0.4) is 0 Å². The van der Waals surface area contributed by atoms with Crippen molar-refractivity contribution in [1.29, 1.82) is 0 Å². The molecule has 0 fully saturated rings. The molecule has 0 unspecified atom stereocenters. The Hall–Kier alpha value is -3.87. The Kier molecular flexibility index (Phi) is 6.32. The summed E-state index contributed by atoms with van der Waals surface area (Å²) in [6.45, 7) is 7.64. The summed E-state index contributed by atoms with van der Waals surface area (Å²) in [5, 5.41) is 2.62. The molecule has 3 aromatic rings. The maximum atomic E-state index is 12.6. The molecule has 0 saturated heterocycles. The van der Waals surface area contributed by atoms with Crippen molar-refractivity contribution in [2.45, 2.75) is 20.4 Å². The lowest BCUT2D eigenvalue weighted by Gasteiger charge is -2.10. The van der Waals surface area contributed by atoms with Gasteiger partial charge in [0.2, 0.25) is 5.78 Å². The minimum absolute atomic E-state index is 0.114. The van der Waals surface area contributed by atoms with E-state index in [1.54, 1.807) is 36.4 Å². The standard InChI is InChI=1S/C23H22N2O5/c1-4-11-25-15(2)13-18(16(25)3)20(26)14-30-23(28)17-8-5-6-9-19(17)24-22(27)21-10-7-12-29-21/h4-10,12-13H,1,11,14H2,2-3H3,(H,24,27). The molecule has 30 heavy (non-hydrogen) atoms. The fraction of sp³-hybridized carbons (Fsp3) is 0.174. The van der Waals surface area contributed by atoms with E-state index in [0.29, 0.717) is 12.1 Å². The van der Waals surface area contributed by atoms with E-state index in [1.807, 2.05) is 18.4 Å². The van der Waals surface area contributed by atoms with E-state index in [1.165, 1.54) is 18.4 Å². The van der Waals surface area contributed by atoms with Gasteiger partial charge >= 0.3 is 5.97 Å². The molecule has 1 N–H and O–H groups in total. The highest BCUT2D eigenvalue weighted by molar-refractivity contribution is 6.07. The molecule has 154 valence electrons. The van der Waals surface area contributed by atoms with Crippen molar-refractivity contribution >= 4 is 23.3 Å². The SMILES string of the molecule is C=CCn1c(C)cc(C(=O)COC(=O)c2ccccc2NC(=O)c2ccco2)c1C. The number of aryl methyl sites for hydroxylation is 1. The molecule has 0 aliphatic carbocycles. The third kappa shape index (κ3) is 4.41. The van der Waals surface area contributed by atoms with Gasteiger partial charge in [0.05, 0.1) is 17.5 Å². The summed E-state index contributed by atoms with van der Waals surface area (Å²) in [4.78, 5) is 37.4. The van der Waals surface area contributed by atoms with Gasteiger partial charge in [0.25, 0.3) is 5.91 Å². The van der Waals surface area contributed by atoms with E-state index in [9.17, 15) is 14.4 Å². The van der Waals surface area contributed by atoms with Crippen LogP contribution < -0.4 is 5.32 Å². The number of ether oxygens (including phenoxy) is 1. The molecule has 0 bridgehead atoms. The van der Waals surface area contributed by atoms with E-state index in [0.717, 1.165) is 11.4 Å². The van der Waals surface area contributed by atoms with Gasteiger partial charge < -0.3 is 19.0 Å². The zero-order valence-corrected chi connectivity index (χ0v) is 16.8. The Morgan fingerprint density at radius 2 is 1.90 bits per heavy atom. The van der Waals surface area contributed by atoms with Crippen LogP contribution in [-0.4, -0.2) is 28.8 Å². The second-order valence-electron chi connectivity index (χ2n) is 6.66. The molecule has 0 aliphatic heterocycles. The first-order chi connectivity index (χ1) is 14.4. The van der Waals surface area contributed by atoms with E-state index >= 15 is 0 Å². The number of nitrogens with one attached hydrogen (secondary N) is 1. The summed E-state index contributed by atoms with van der Waals surface area (Å²) in [5.41, 5.74) is 2.62. The second kappa shape index (κ2) is 9.09. The number of esters is 1. The molecule has 1 aromatic carbocycles. The van der Waals surface area contributed by atoms with Crippen molar-refractivity contribution < 1.29 is 23.5 Å². The van der Waals surface area contributed by atoms with Gasteiger partial charge in [0, 0.05) is 23.5 Å². The highest BCUT2D eigenvalue weighted by atomic mass is 16.5. The number of allylic oxidation sites excluding steroid dienone is 1. The van der Waals surface area contributed by atoms with Crippen LogP contribution in [0.1, 0.15) is 42.7 Å². The predicted octanol–water partition coefficient (Wildman–Crippen LogP) is 4.18. The minimum atomic E-state index is -0.710. The topological polar surface area (TPSA) is 90.5 Å². The molecule has 7 nitrogen and oxygen atoms in total. The van der Waals surface area contributed by atoms with Crippen molar-refractivity contribution in [1.82, 2.24) is 4.57 Å². The monoisotopic (exact) mass is 406 g/mol. The molecule has 0 aliphatic rings. The lowest BCUT2D eigenvalue weighted by Crippen LogP contribution is -2.18. The quantitative estimate of drug-likeness (QED) is 0.344. The second-order valence-corrected chi connectivity index (χ2v) is 6.66. The third-order valence-corrected chi connectivity index (χ3v) is 4.66. The van der Waals surface area contributed by atoms with Gasteiger partial charge in [-0.05, 0) is 44.2 Å². The number of ketones is 1. The van der Waals surface area contributed by atoms with Gasteiger partial charge in [0.15, 0.2) is 12.4 Å². The lowest BCUT2D eigenvalue weighted by atomic mass is 10.1. The number of hydrogen-bond acceptors (Lipinski definition) is 5. The number of amides is 1. The van der Waals surface area contributed by atoms with Crippen LogP contribution in [0.4, 0.5) is 5.69 Å². The number of Topliss-reactive ketones (excluding diaryl/α,β-unsaturated/α-hetero) is 1. The van der Waals surface area contributed by atoms with Crippen LogP contribution in [0, 0.1) is 13.8 Å². The zero-order valence-electron chi connectivity index (χ0n) is 16.8. The normalized spacial score (nSPS) is 10.5. The number of rotatable bonds is 8. The number of para-hydroxylation sites is 1. The van der Waals surface area contributed by atoms with Crippen molar-refractivity contribution in [2.24, 2.45) is 0 Å². The molecule has 0 spiro atoms. The van der Waals surface area contributed by atoms with Crippen LogP contribution in [0.25, 0.3) is 0 Å². The van der Waals surface area contributed by atoms with Gasteiger partial charge in [-0.1, -0.05) is 18.2 Å². The summed E-state index contributed by atoms with van der Waals surface area (Å²) >= 11 is 0. The first kappa shape index (κ1) is 20.9. The molecule has 2 heterocycles. The number of benzene rings is 1. The maximum Gasteiger partial charge on any atom is 0.340 e. The van der Waals surface area contributed by atoms with E-state index in [2.05, 4.69) is 11.9 Å². The number of nitrogens with zero attached hydrogens (tertiary/aromatic N) is 1. The molecule has 0 saturated carbocycles. The first-order valence-electron chi connectivity index (χ1n) is 9.34. The van der Waals surface area contributed by atoms with Crippen molar-refractivity contribution in [3.8, 4) is 0 Å². The Morgan fingerprint density at radius 3 is 2.60 bits per heavy atom. The number of carbonyl (C=O) groups is 3. The third-order valence-electron chi connectivity index (χ3n) is 4.66. The van der Waals surface area contributed by atoms with Gasteiger partial charge in [-0.25, -0.2) is 4.79 Å². The van der Waals surface area contributed by atoms with Gasteiger partial charge in [0.1, 0.15) is 0 Å². The summed E-state index contributed by atoms with van der Waals surface area (Å²) < 4.78 is 12.2. The average Bonchev–Trinajstić information content (AvgIpc) is 3.37. The molecule has 0 atom stereocenters. The smallest absolute Gasteiger partial charge is 0.340 e. The number of aromatic nitrogens is 1. The highest BCUT2D eigenvalue weighted by Gasteiger charge is 2.20. The predicted molar refractivity (Wildman–Crippen MR) is 112 cm³/mol. The fourth-order valence-electron chi connectivity index (χ4n) is 3.14. The van der Waals surface area contributed by atoms with E-state index in [-0.39, 0.29) is 22.8 Å². The van der Waals surface area contributed by atoms with Crippen molar-refractivity contribution in [3.63, 3.8) is 0 Å². The zero-order chi connectivity index (χ0) is 21.7. The minimum Gasteiger partial charge on any atom is -0.459 e. The summed E-state index contributed by atoms with van der Waals surface area (Å²) in [5.74, 6) is -1.39. The Labute approximate surface area is 174 Å². The van der Waals surface area contributed by atoms with Crippen LogP contribution >= 0.6 is 0 Å². The Bertz CT molecular complexity index is 1090. The molecular weight excluding hydrogens is 384 g/mol. The summed E-state index contributed by atoms with van der Waals surface area (Å²) in [6.07, 6.45) is 3.13. The Balaban J connectivity index is 1.70. The number of hydrogen-bond donors (Lipinski definition) is 1. The molecule has 0 radical (unpaired) electrons. The highest BCUT2D eigenvalue weighted by Crippen LogP contribution is 2.19. The van der Waals surface area contributed by atoms with Gasteiger partial charge in [-0.2, -0.15) is 0 Å². The van der Waals surface area contributed by atoms with Crippen LogP contribution in [0.5, 0.6) is 0 Å². The maximum absolute atomic E-state index is 12.6. The first-order valence-corrected chi connectivity index (χ1v) is 9.34. The van der Waals surface area contributed by atoms with Crippen molar-refractivity contribution in [3.05, 3.63) is 89.7 Å². The van der Waals surface area contributed by atoms with E-state index < -0.39 is 18.5 Å². The molecule has 3 rings (SSSR count). The van der Waals surface area contributed by atoms with Gasteiger partial charge in [-0.15, -0.1) is 6.58 Å². The van der Waals surface area contributed by atoms with Crippen LogP contribution in [-0.2, 0) is 11.3 Å². The van der Waals surface area contributed by atoms with Crippen LogP contribution in [0.2, 0.25) is 0 Å². The Morgan fingerprint density at radius 1 is 1.13 bits per heavy atom. The molecular formula is C23H22N2O5. The largest absolute Gasteiger partial charge is 0.459 e. The average molecular weight is 406 g/mol.